The molecular formula is C15H20ClN5O. The van der Waals surface area contributed by atoms with Gasteiger partial charge in [0.2, 0.25) is 5.88 Å². The molecule has 2 aromatic heterocycles. The highest BCUT2D eigenvalue weighted by atomic mass is 35.5. The summed E-state index contributed by atoms with van der Waals surface area (Å²) in [5.74, 6) is 1.04. The second kappa shape index (κ2) is 7.56. The maximum absolute atomic E-state index is 6.06. The van der Waals surface area contributed by atoms with Crippen LogP contribution in [0.1, 0.15) is 12.8 Å². The van der Waals surface area contributed by atoms with Gasteiger partial charge in [0.15, 0.2) is 0 Å². The number of aromatic nitrogens is 4. The number of likely N-dealkylation sites (tertiary alicyclic amines) is 1. The minimum Gasteiger partial charge on any atom is -0.476 e. The second-order valence-electron chi connectivity index (χ2n) is 5.54. The predicted molar refractivity (Wildman–Crippen MR) is 83.9 cm³/mol. The average molecular weight is 322 g/mol. The van der Waals surface area contributed by atoms with Gasteiger partial charge in [0.25, 0.3) is 0 Å². The molecule has 2 aromatic rings. The zero-order valence-corrected chi connectivity index (χ0v) is 13.2. The van der Waals surface area contributed by atoms with Gasteiger partial charge in [0.05, 0.1) is 25.5 Å². The normalized spacial score (nSPS) is 19.2. The number of nitrogens with zero attached hydrogens (tertiary/aromatic N) is 5. The van der Waals surface area contributed by atoms with Crippen LogP contribution in [0.5, 0.6) is 5.88 Å². The van der Waals surface area contributed by atoms with Gasteiger partial charge in [0.1, 0.15) is 5.02 Å². The Morgan fingerprint density at radius 1 is 1.23 bits per heavy atom. The van der Waals surface area contributed by atoms with Crippen LogP contribution in [-0.4, -0.2) is 51.1 Å². The number of ether oxygens (including phenoxy) is 1. The maximum Gasteiger partial charge on any atom is 0.232 e. The van der Waals surface area contributed by atoms with Gasteiger partial charge < -0.3 is 9.64 Å². The number of piperidine rings is 1. The largest absolute Gasteiger partial charge is 0.476 e. The Morgan fingerprint density at radius 2 is 2.09 bits per heavy atom. The van der Waals surface area contributed by atoms with Crippen LogP contribution in [0.2, 0.25) is 5.02 Å². The molecule has 0 aliphatic carbocycles. The molecule has 1 aliphatic heterocycles. The minimum atomic E-state index is 0.511. The third kappa shape index (κ3) is 4.18. The SMILES string of the molecule is Clc1cccnc1OCC1CCCN(CCn2nccn2)C1. The Balaban J connectivity index is 1.45. The first kappa shape index (κ1) is 15.2. The summed E-state index contributed by atoms with van der Waals surface area (Å²) < 4.78 is 5.78. The fraction of sp³-hybridized carbons (Fsp3) is 0.533. The molecule has 118 valence electrons. The first-order valence-electron chi connectivity index (χ1n) is 7.61. The van der Waals surface area contributed by atoms with Crippen molar-refractivity contribution in [3.63, 3.8) is 0 Å². The molecule has 0 N–H and O–H groups in total. The van der Waals surface area contributed by atoms with E-state index in [4.69, 9.17) is 16.3 Å². The van der Waals surface area contributed by atoms with Gasteiger partial charge in [0, 0.05) is 25.2 Å². The second-order valence-corrected chi connectivity index (χ2v) is 5.94. The topological polar surface area (TPSA) is 56.1 Å². The Morgan fingerprint density at radius 3 is 2.91 bits per heavy atom. The summed E-state index contributed by atoms with van der Waals surface area (Å²) in [6.07, 6.45) is 7.50. The molecule has 1 aliphatic rings. The number of hydrogen-bond donors (Lipinski definition) is 0. The summed E-state index contributed by atoms with van der Waals surface area (Å²) in [7, 11) is 0. The fourth-order valence-corrected chi connectivity index (χ4v) is 2.93. The van der Waals surface area contributed by atoms with E-state index < -0.39 is 0 Å². The summed E-state index contributed by atoms with van der Waals surface area (Å²) in [4.78, 5) is 8.34. The van der Waals surface area contributed by atoms with Crippen molar-refractivity contribution in [1.29, 1.82) is 0 Å². The van der Waals surface area contributed by atoms with E-state index >= 15 is 0 Å². The molecule has 0 radical (unpaired) electrons. The van der Waals surface area contributed by atoms with E-state index in [0.717, 1.165) is 26.2 Å². The van der Waals surface area contributed by atoms with E-state index in [1.807, 2.05) is 0 Å². The number of pyridine rings is 1. The fourth-order valence-electron chi connectivity index (χ4n) is 2.75. The van der Waals surface area contributed by atoms with Crippen molar-refractivity contribution in [1.82, 2.24) is 24.9 Å². The van der Waals surface area contributed by atoms with Crippen LogP contribution in [0.25, 0.3) is 0 Å². The summed E-state index contributed by atoms with van der Waals surface area (Å²) in [5.41, 5.74) is 0. The van der Waals surface area contributed by atoms with Gasteiger partial charge in [-0.25, -0.2) is 4.98 Å². The standard InChI is InChI=1S/C15H20ClN5O/c16-14-4-1-5-17-15(14)22-12-13-3-2-8-20(11-13)9-10-21-18-6-7-19-21/h1,4-7,13H,2-3,8-12H2. The number of rotatable bonds is 6. The van der Waals surface area contributed by atoms with Gasteiger partial charge >= 0.3 is 0 Å². The smallest absolute Gasteiger partial charge is 0.232 e. The van der Waals surface area contributed by atoms with Crippen molar-refractivity contribution >= 4 is 11.6 Å². The van der Waals surface area contributed by atoms with Crippen LogP contribution in [0.15, 0.2) is 30.7 Å². The molecule has 3 rings (SSSR count). The average Bonchev–Trinajstić information content (AvgIpc) is 3.06. The van der Waals surface area contributed by atoms with E-state index in [1.165, 1.54) is 12.8 Å². The zero-order chi connectivity index (χ0) is 15.2. The first-order valence-corrected chi connectivity index (χ1v) is 7.99. The Hall–Kier alpha value is -1.66. The van der Waals surface area contributed by atoms with Crippen LogP contribution in [-0.2, 0) is 6.54 Å². The zero-order valence-electron chi connectivity index (χ0n) is 12.4. The molecule has 0 aromatic carbocycles. The molecule has 0 bridgehead atoms. The van der Waals surface area contributed by atoms with Crippen LogP contribution >= 0.6 is 11.6 Å². The van der Waals surface area contributed by atoms with Crippen LogP contribution in [0.4, 0.5) is 0 Å². The molecule has 1 fully saturated rings. The van der Waals surface area contributed by atoms with E-state index in [0.29, 0.717) is 23.4 Å². The highest BCUT2D eigenvalue weighted by molar-refractivity contribution is 6.31. The predicted octanol–water partition coefficient (Wildman–Crippen LogP) is 2.12. The van der Waals surface area contributed by atoms with Gasteiger partial charge in [-0.15, -0.1) is 0 Å². The molecule has 1 saturated heterocycles. The van der Waals surface area contributed by atoms with Gasteiger partial charge in [-0.1, -0.05) is 11.6 Å². The van der Waals surface area contributed by atoms with Crippen molar-refractivity contribution in [2.24, 2.45) is 5.92 Å². The van der Waals surface area contributed by atoms with Gasteiger partial charge in [-0.3, -0.25) is 0 Å². The molecule has 3 heterocycles. The maximum atomic E-state index is 6.06. The van der Waals surface area contributed by atoms with E-state index in [1.54, 1.807) is 35.5 Å². The third-order valence-corrected chi connectivity index (χ3v) is 4.15. The van der Waals surface area contributed by atoms with Crippen molar-refractivity contribution < 1.29 is 4.74 Å². The van der Waals surface area contributed by atoms with Crippen LogP contribution in [0, 0.1) is 5.92 Å². The highest BCUT2D eigenvalue weighted by Gasteiger charge is 2.20. The van der Waals surface area contributed by atoms with Crippen LogP contribution in [0.3, 0.4) is 0 Å². The number of halogens is 1. The summed E-state index contributed by atoms with van der Waals surface area (Å²) in [6.45, 7) is 4.61. The molecule has 0 saturated carbocycles. The number of hydrogen-bond acceptors (Lipinski definition) is 5. The lowest BCUT2D eigenvalue weighted by Gasteiger charge is -2.32. The molecule has 0 spiro atoms. The van der Waals surface area contributed by atoms with E-state index in [9.17, 15) is 0 Å². The van der Waals surface area contributed by atoms with E-state index in [-0.39, 0.29) is 0 Å². The molecule has 7 heteroatoms. The van der Waals surface area contributed by atoms with Crippen molar-refractivity contribution in [3.8, 4) is 5.88 Å². The lowest BCUT2D eigenvalue weighted by atomic mass is 9.99. The van der Waals surface area contributed by atoms with Crippen LogP contribution < -0.4 is 4.74 Å². The van der Waals surface area contributed by atoms with Crippen molar-refractivity contribution in [2.45, 2.75) is 19.4 Å². The first-order chi connectivity index (χ1) is 10.8. The molecule has 1 atom stereocenters. The monoisotopic (exact) mass is 321 g/mol. The molecular weight excluding hydrogens is 302 g/mol. The summed E-state index contributed by atoms with van der Waals surface area (Å²) in [5, 5.41) is 8.84. The quantitative estimate of drug-likeness (QED) is 0.815. The Kier molecular flexibility index (Phi) is 5.24. The molecule has 6 nitrogen and oxygen atoms in total. The molecule has 0 amide bonds. The Bertz CT molecular complexity index is 577. The lowest BCUT2D eigenvalue weighted by Crippen LogP contribution is -2.39. The lowest BCUT2D eigenvalue weighted by molar-refractivity contribution is 0.123. The van der Waals surface area contributed by atoms with Crippen molar-refractivity contribution in [3.05, 3.63) is 35.7 Å². The molecule has 22 heavy (non-hydrogen) atoms. The van der Waals surface area contributed by atoms with E-state index in [2.05, 4.69) is 20.1 Å². The van der Waals surface area contributed by atoms with Gasteiger partial charge in [-0.05, 0) is 31.5 Å². The van der Waals surface area contributed by atoms with Crippen molar-refractivity contribution in [2.75, 3.05) is 26.2 Å². The van der Waals surface area contributed by atoms with Gasteiger partial charge in [-0.2, -0.15) is 15.0 Å². The highest BCUT2D eigenvalue weighted by Crippen LogP contribution is 2.22. The molecule has 1 unspecified atom stereocenters. The summed E-state index contributed by atoms with van der Waals surface area (Å²) in [6, 6.07) is 3.61. The summed E-state index contributed by atoms with van der Waals surface area (Å²) >= 11 is 6.06. The third-order valence-electron chi connectivity index (χ3n) is 3.87. The Labute approximate surface area is 135 Å². The minimum absolute atomic E-state index is 0.511.